The van der Waals surface area contributed by atoms with Crippen molar-refractivity contribution in [1.29, 1.82) is 0 Å². The van der Waals surface area contributed by atoms with Crippen LogP contribution in [0.4, 0.5) is 0 Å². The molecule has 0 radical (unpaired) electrons. The molecule has 2 fully saturated rings. The second kappa shape index (κ2) is 5.72. The molecule has 1 unspecified atom stereocenters. The lowest BCUT2D eigenvalue weighted by Gasteiger charge is -2.26. The second-order valence-corrected chi connectivity index (χ2v) is 4.85. The molecule has 1 atom stereocenters. The van der Waals surface area contributed by atoms with Crippen LogP contribution in [-0.2, 0) is 4.74 Å². The van der Waals surface area contributed by atoms with Gasteiger partial charge < -0.3 is 10.1 Å². The summed E-state index contributed by atoms with van der Waals surface area (Å²) in [4.78, 5) is 0. The summed E-state index contributed by atoms with van der Waals surface area (Å²) in [5, 5.41) is 3.50. The van der Waals surface area contributed by atoms with Crippen molar-refractivity contribution >= 4 is 0 Å². The van der Waals surface area contributed by atoms with Gasteiger partial charge >= 0.3 is 0 Å². The maximum Gasteiger partial charge on any atom is 0.0468 e. The summed E-state index contributed by atoms with van der Waals surface area (Å²) in [6.45, 7) is 4.53. The zero-order chi connectivity index (χ0) is 9.64. The summed E-state index contributed by atoms with van der Waals surface area (Å²) in [5.41, 5.74) is 0. The average molecular weight is 197 g/mol. The van der Waals surface area contributed by atoms with E-state index in [2.05, 4.69) is 5.32 Å². The molecule has 0 spiro atoms. The summed E-state index contributed by atoms with van der Waals surface area (Å²) >= 11 is 0. The SMILES string of the molecule is C1CNCC(CCC2CCOCC2)C1. The molecule has 1 N–H and O–H groups in total. The Kier molecular flexibility index (Phi) is 4.26. The minimum atomic E-state index is 0.964. The highest BCUT2D eigenvalue weighted by Crippen LogP contribution is 2.24. The van der Waals surface area contributed by atoms with Crippen LogP contribution in [0.25, 0.3) is 0 Å². The van der Waals surface area contributed by atoms with Crippen LogP contribution in [0.15, 0.2) is 0 Å². The number of hydrogen-bond acceptors (Lipinski definition) is 2. The van der Waals surface area contributed by atoms with Crippen molar-refractivity contribution in [1.82, 2.24) is 5.32 Å². The van der Waals surface area contributed by atoms with E-state index in [1.54, 1.807) is 0 Å². The smallest absolute Gasteiger partial charge is 0.0468 e. The predicted octanol–water partition coefficient (Wildman–Crippen LogP) is 2.19. The van der Waals surface area contributed by atoms with Gasteiger partial charge in [0.1, 0.15) is 0 Å². The third kappa shape index (κ3) is 3.25. The van der Waals surface area contributed by atoms with Gasteiger partial charge in [-0.25, -0.2) is 0 Å². The summed E-state index contributed by atoms with van der Waals surface area (Å²) in [7, 11) is 0. The molecule has 0 aromatic rings. The van der Waals surface area contributed by atoms with Crippen molar-refractivity contribution in [2.24, 2.45) is 11.8 Å². The van der Waals surface area contributed by atoms with Gasteiger partial charge in [0.05, 0.1) is 0 Å². The molecule has 0 aromatic heterocycles. The molecular weight excluding hydrogens is 174 g/mol. The largest absolute Gasteiger partial charge is 0.381 e. The molecule has 14 heavy (non-hydrogen) atoms. The Morgan fingerprint density at radius 3 is 2.50 bits per heavy atom. The van der Waals surface area contributed by atoms with Crippen molar-refractivity contribution in [2.45, 2.75) is 38.5 Å². The second-order valence-electron chi connectivity index (χ2n) is 4.85. The first-order chi connectivity index (χ1) is 6.95. The van der Waals surface area contributed by atoms with Gasteiger partial charge in [0.15, 0.2) is 0 Å². The van der Waals surface area contributed by atoms with E-state index >= 15 is 0 Å². The summed E-state index contributed by atoms with van der Waals surface area (Å²) in [6.07, 6.45) is 8.34. The van der Waals surface area contributed by atoms with Gasteiger partial charge in [-0.05, 0) is 63.5 Å². The van der Waals surface area contributed by atoms with Gasteiger partial charge in [-0.2, -0.15) is 0 Å². The molecule has 0 aromatic carbocycles. The third-order valence-corrected chi connectivity index (χ3v) is 3.72. The van der Waals surface area contributed by atoms with Gasteiger partial charge in [0, 0.05) is 13.2 Å². The van der Waals surface area contributed by atoms with E-state index in [-0.39, 0.29) is 0 Å². The molecular formula is C12H23NO. The first-order valence-electron chi connectivity index (χ1n) is 6.23. The normalized spacial score (nSPS) is 30.4. The number of hydrogen-bond donors (Lipinski definition) is 1. The number of ether oxygens (including phenoxy) is 1. The van der Waals surface area contributed by atoms with Crippen LogP contribution in [0, 0.1) is 11.8 Å². The van der Waals surface area contributed by atoms with Crippen molar-refractivity contribution in [3.05, 3.63) is 0 Å². The average Bonchev–Trinajstić information content (AvgIpc) is 2.29. The Bertz CT molecular complexity index is 130. The zero-order valence-corrected chi connectivity index (χ0v) is 9.13. The first-order valence-corrected chi connectivity index (χ1v) is 6.23. The van der Waals surface area contributed by atoms with Crippen LogP contribution in [0.2, 0.25) is 0 Å². The van der Waals surface area contributed by atoms with E-state index in [0.29, 0.717) is 0 Å². The van der Waals surface area contributed by atoms with Crippen molar-refractivity contribution in [3.8, 4) is 0 Å². The number of nitrogens with one attached hydrogen (secondary N) is 1. The molecule has 0 amide bonds. The van der Waals surface area contributed by atoms with E-state index in [0.717, 1.165) is 25.0 Å². The Balaban J connectivity index is 1.60. The lowest BCUT2D eigenvalue weighted by atomic mass is 9.87. The van der Waals surface area contributed by atoms with E-state index < -0.39 is 0 Å². The molecule has 0 saturated carbocycles. The van der Waals surface area contributed by atoms with Gasteiger partial charge in [0.2, 0.25) is 0 Å². The van der Waals surface area contributed by atoms with E-state index in [9.17, 15) is 0 Å². The minimum Gasteiger partial charge on any atom is -0.381 e. The van der Waals surface area contributed by atoms with Crippen molar-refractivity contribution in [2.75, 3.05) is 26.3 Å². The quantitative estimate of drug-likeness (QED) is 0.749. The lowest BCUT2D eigenvalue weighted by molar-refractivity contribution is 0.0614. The summed E-state index contributed by atoms with van der Waals surface area (Å²) < 4.78 is 5.38. The van der Waals surface area contributed by atoms with Crippen LogP contribution < -0.4 is 5.32 Å². The Morgan fingerprint density at radius 1 is 1.00 bits per heavy atom. The fourth-order valence-electron chi connectivity index (χ4n) is 2.68. The molecule has 82 valence electrons. The highest BCUT2D eigenvalue weighted by molar-refractivity contribution is 4.71. The molecule has 2 aliphatic heterocycles. The van der Waals surface area contributed by atoms with Crippen LogP contribution in [0.3, 0.4) is 0 Å². The van der Waals surface area contributed by atoms with Crippen molar-refractivity contribution in [3.63, 3.8) is 0 Å². The predicted molar refractivity (Wildman–Crippen MR) is 58.4 cm³/mol. The summed E-state index contributed by atoms with van der Waals surface area (Å²) in [5.74, 6) is 1.93. The fraction of sp³-hybridized carbons (Fsp3) is 1.00. The topological polar surface area (TPSA) is 21.3 Å². The fourth-order valence-corrected chi connectivity index (χ4v) is 2.68. The molecule has 0 aliphatic carbocycles. The maximum absolute atomic E-state index is 5.38. The molecule has 2 saturated heterocycles. The monoisotopic (exact) mass is 197 g/mol. The molecule has 0 bridgehead atoms. The molecule has 2 heteroatoms. The highest BCUT2D eigenvalue weighted by Gasteiger charge is 2.17. The molecule has 2 rings (SSSR count). The van der Waals surface area contributed by atoms with Gasteiger partial charge in [-0.15, -0.1) is 0 Å². The van der Waals surface area contributed by atoms with Crippen LogP contribution in [0.1, 0.15) is 38.5 Å². The lowest BCUT2D eigenvalue weighted by Crippen LogP contribution is -2.30. The van der Waals surface area contributed by atoms with E-state index in [1.807, 2.05) is 0 Å². The molecule has 2 heterocycles. The Labute approximate surface area is 87.4 Å². The van der Waals surface area contributed by atoms with Gasteiger partial charge in [-0.3, -0.25) is 0 Å². The zero-order valence-electron chi connectivity index (χ0n) is 9.13. The van der Waals surface area contributed by atoms with E-state index in [1.165, 1.54) is 51.6 Å². The first kappa shape index (κ1) is 10.4. The third-order valence-electron chi connectivity index (χ3n) is 3.72. The van der Waals surface area contributed by atoms with Crippen LogP contribution >= 0.6 is 0 Å². The van der Waals surface area contributed by atoms with Crippen LogP contribution in [-0.4, -0.2) is 26.3 Å². The van der Waals surface area contributed by atoms with Gasteiger partial charge in [0.25, 0.3) is 0 Å². The Morgan fingerprint density at radius 2 is 1.79 bits per heavy atom. The number of rotatable bonds is 3. The Hall–Kier alpha value is -0.0800. The highest BCUT2D eigenvalue weighted by atomic mass is 16.5. The van der Waals surface area contributed by atoms with Crippen LogP contribution in [0.5, 0.6) is 0 Å². The molecule has 2 nitrogen and oxygen atoms in total. The summed E-state index contributed by atoms with van der Waals surface area (Å²) in [6, 6.07) is 0. The van der Waals surface area contributed by atoms with Crippen molar-refractivity contribution < 1.29 is 4.74 Å². The maximum atomic E-state index is 5.38. The molecule has 2 aliphatic rings. The minimum absolute atomic E-state index is 0.964. The number of piperidine rings is 1. The van der Waals surface area contributed by atoms with Gasteiger partial charge in [-0.1, -0.05) is 0 Å². The standard InChI is InChI=1S/C12H23NO/c1-2-12(10-13-7-1)4-3-11-5-8-14-9-6-11/h11-13H,1-10H2. The van der Waals surface area contributed by atoms with E-state index in [4.69, 9.17) is 4.74 Å².